The molecule has 2 aromatic rings. The summed E-state index contributed by atoms with van der Waals surface area (Å²) in [5.74, 6) is 0.778. The highest BCUT2D eigenvalue weighted by molar-refractivity contribution is 7.89. The molecule has 0 aliphatic carbocycles. The summed E-state index contributed by atoms with van der Waals surface area (Å²) in [6.45, 7) is 2.14. The molecule has 0 aliphatic heterocycles. The zero-order valence-electron chi connectivity index (χ0n) is 11.7. The molecule has 0 bridgehead atoms. The fourth-order valence-electron chi connectivity index (χ4n) is 1.86. The molecule has 1 aromatic heterocycles. The molecule has 1 N–H and O–H groups in total. The number of nitrogens with one attached hydrogen (secondary N) is 1. The Hall–Kier alpha value is -1.37. The van der Waals surface area contributed by atoms with Gasteiger partial charge >= 0.3 is 0 Å². The molecule has 0 amide bonds. The molecule has 21 heavy (non-hydrogen) atoms. The maximum atomic E-state index is 11.5. The summed E-state index contributed by atoms with van der Waals surface area (Å²) < 4.78 is 30.8. The molecule has 0 fully saturated rings. The fraction of sp³-hybridized carbons (Fsp3) is 0.357. The summed E-state index contributed by atoms with van der Waals surface area (Å²) in [5, 5.41) is 4.59. The van der Waals surface area contributed by atoms with Gasteiger partial charge in [0.2, 0.25) is 10.0 Å². The molecular weight excluding hydrogens is 312 g/mol. The molecule has 0 unspecified atom stereocenters. The van der Waals surface area contributed by atoms with E-state index in [0.717, 1.165) is 5.56 Å². The Balaban J connectivity index is 1.93. The second kappa shape index (κ2) is 7.06. The molecular formula is C14H17ClN2O3S. The Morgan fingerprint density at radius 2 is 2.00 bits per heavy atom. The average Bonchev–Trinajstić information content (AvgIpc) is 2.88. The second-order valence-electron chi connectivity index (χ2n) is 4.65. The summed E-state index contributed by atoms with van der Waals surface area (Å²) in [5.41, 5.74) is 1.59. The maximum absolute atomic E-state index is 11.5. The number of rotatable bonds is 7. The van der Waals surface area contributed by atoms with Crippen molar-refractivity contribution in [2.45, 2.75) is 19.8 Å². The van der Waals surface area contributed by atoms with Gasteiger partial charge in [-0.2, -0.15) is 0 Å². The molecule has 5 nitrogen and oxygen atoms in total. The molecule has 7 heteroatoms. The Kier molecular flexibility index (Phi) is 5.39. The lowest BCUT2D eigenvalue weighted by atomic mass is 10.1. The van der Waals surface area contributed by atoms with Crippen LogP contribution in [0, 0.1) is 0 Å². The van der Waals surface area contributed by atoms with Gasteiger partial charge in [-0.05, 0) is 30.7 Å². The molecule has 0 aliphatic rings. The SMILES string of the molecule is CCCS(=O)(=O)NCCc1cc(-c2ccc(Cl)cc2)on1. The van der Waals surface area contributed by atoms with Crippen LogP contribution in [-0.2, 0) is 16.4 Å². The van der Waals surface area contributed by atoms with Gasteiger partial charge in [0, 0.05) is 29.6 Å². The van der Waals surface area contributed by atoms with Crippen molar-refractivity contribution < 1.29 is 12.9 Å². The highest BCUT2D eigenvalue weighted by atomic mass is 35.5. The predicted molar refractivity (Wildman–Crippen MR) is 82.7 cm³/mol. The van der Waals surface area contributed by atoms with E-state index in [1.54, 1.807) is 18.2 Å². The molecule has 0 spiro atoms. The monoisotopic (exact) mass is 328 g/mol. The van der Waals surface area contributed by atoms with Crippen LogP contribution in [0.4, 0.5) is 0 Å². The number of sulfonamides is 1. The largest absolute Gasteiger partial charge is 0.356 e. The van der Waals surface area contributed by atoms with Crippen molar-refractivity contribution in [3.05, 3.63) is 41.0 Å². The normalized spacial score (nSPS) is 11.7. The van der Waals surface area contributed by atoms with Gasteiger partial charge in [-0.25, -0.2) is 13.1 Å². The van der Waals surface area contributed by atoms with Crippen molar-refractivity contribution in [1.82, 2.24) is 9.88 Å². The van der Waals surface area contributed by atoms with Gasteiger partial charge < -0.3 is 4.52 Å². The van der Waals surface area contributed by atoms with Crippen molar-refractivity contribution in [2.24, 2.45) is 0 Å². The molecule has 0 saturated carbocycles. The highest BCUT2D eigenvalue weighted by Crippen LogP contribution is 2.22. The topological polar surface area (TPSA) is 72.2 Å². The van der Waals surface area contributed by atoms with Crippen LogP contribution in [0.15, 0.2) is 34.9 Å². The van der Waals surface area contributed by atoms with Crippen LogP contribution in [0.2, 0.25) is 5.02 Å². The summed E-state index contributed by atoms with van der Waals surface area (Å²) in [4.78, 5) is 0. The molecule has 1 aromatic carbocycles. The highest BCUT2D eigenvalue weighted by Gasteiger charge is 2.10. The summed E-state index contributed by atoms with van der Waals surface area (Å²) >= 11 is 5.83. The maximum Gasteiger partial charge on any atom is 0.211 e. The molecule has 0 saturated heterocycles. The zero-order chi connectivity index (χ0) is 15.3. The summed E-state index contributed by atoms with van der Waals surface area (Å²) in [6.07, 6.45) is 1.08. The van der Waals surface area contributed by atoms with Gasteiger partial charge in [0.15, 0.2) is 5.76 Å². The van der Waals surface area contributed by atoms with Gasteiger partial charge in [-0.15, -0.1) is 0 Å². The van der Waals surface area contributed by atoms with E-state index in [0.29, 0.717) is 35.9 Å². The van der Waals surface area contributed by atoms with Crippen LogP contribution < -0.4 is 4.72 Å². The lowest BCUT2D eigenvalue weighted by Crippen LogP contribution is -2.28. The first-order chi connectivity index (χ1) is 10.00. The first kappa shape index (κ1) is 16.0. The molecule has 0 atom stereocenters. The minimum atomic E-state index is -3.17. The van der Waals surface area contributed by atoms with Gasteiger partial charge in [-0.3, -0.25) is 0 Å². The standard InChI is InChI=1S/C14H17ClN2O3S/c1-2-9-21(18,19)16-8-7-13-10-14(20-17-13)11-3-5-12(15)6-4-11/h3-6,10,16H,2,7-9H2,1H3. The molecule has 2 rings (SSSR count). The van der Waals surface area contributed by atoms with Gasteiger partial charge in [0.25, 0.3) is 0 Å². The first-order valence-electron chi connectivity index (χ1n) is 6.69. The third-order valence-electron chi connectivity index (χ3n) is 2.86. The zero-order valence-corrected chi connectivity index (χ0v) is 13.2. The van der Waals surface area contributed by atoms with Crippen molar-refractivity contribution in [3.8, 4) is 11.3 Å². The Morgan fingerprint density at radius 1 is 1.29 bits per heavy atom. The van der Waals surface area contributed by atoms with E-state index in [4.69, 9.17) is 16.1 Å². The smallest absolute Gasteiger partial charge is 0.211 e. The van der Waals surface area contributed by atoms with Crippen molar-refractivity contribution in [3.63, 3.8) is 0 Å². The van der Waals surface area contributed by atoms with Crippen LogP contribution in [0.5, 0.6) is 0 Å². The quantitative estimate of drug-likeness (QED) is 0.848. The second-order valence-corrected chi connectivity index (χ2v) is 7.02. The van der Waals surface area contributed by atoms with Crippen LogP contribution in [0.3, 0.4) is 0 Å². The molecule has 114 valence electrons. The van der Waals surface area contributed by atoms with E-state index < -0.39 is 10.0 Å². The van der Waals surface area contributed by atoms with E-state index in [1.165, 1.54) is 0 Å². The fourth-order valence-corrected chi connectivity index (χ4v) is 3.08. The Bertz CT molecular complexity index is 680. The predicted octanol–water partition coefficient (Wildman–Crippen LogP) is 2.87. The number of nitrogens with zero attached hydrogens (tertiary/aromatic N) is 1. The Labute approximate surface area is 129 Å². The van der Waals surface area contributed by atoms with Crippen LogP contribution >= 0.6 is 11.6 Å². The summed E-state index contributed by atoms with van der Waals surface area (Å²) in [6, 6.07) is 9.04. The van der Waals surface area contributed by atoms with E-state index in [1.807, 2.05) is 19.1 Å². The van der Waals surface area contributed by atoms with E-state index in [9.17, 15) is 8.42 Å². The van der Waals surface area contributed by atoms with Gasteiger partial charge in [0.1, 0.15) is 0 Å². The summed E-state index contributed by atoms with van der Waals surface area (Å²) in [7, 11) is -3.17. The van der Waals surface area contributed by atoms with Gasteiger partial charge in [-0.1, -0.05) is 23.7 Å². The minimum absolute atomic E-state index is 0.141. The molecule has 1 heterocycles. The number of aromatic nitrogens is 1. The van der Waals surface area contributed by atoms with E-state index >= 15 is 0 Å². The van der Waals surface area contributed by atoms with E-state index in [-0.39, 0.29) is 5.75 Å². The van der Waals surface area contributed by atoms with E-state index in [2.05, 4.69) is 9.88 Å². The third kappa shape index (κ3) is 4.84. The van der Waals surface area contributed by atoms with Crippen LogP contribution in [-0.4, -0.2) is 25.9 Å². The number of hydrogen-bond donors (Lipinski definition) is 1. The minimum Gasteiger partial charge on any atom is -0.356 e. The number of hydrogen-bond acceptors (Lipinski definition) is 4. The first-order valence-corrected chi connectivity index (χ1v) is 8.72. The third-order valence-corrected chi connectivity index (χ3v) is 4.71. The molecule has 0 radical (unpaired) electrons. The van der Waals surface area contributed by atoms with Crippen molar-refractivity contribution >= 4 is 21.6 Å². The van der Waals surface area contributed by atoms with Crippen LogP contribution in [0.25, 0.3) is 11.3 Å². The van der Waals surface area contributed by atoms with Crippen LogP contribution in [0.1, 0.15) is 19.0 Å². The lowest BCUT2D eigenvalue weighted by Gasteiger charge is -2.03. The lowest BCUT2D eigenvalue weighted by molar-refractivity contribution is 0.423. The van der Waals surface area contributed by atoms with Crippen molar-refractivity contribution in [2.75, 3.05) is 12.3 Å². The number of benzene rings is 1. The number of halogens is 1. The Morgan fingerprint density at radius 3 is 2.67 bits per heavy atom. The van der Waals surface area contributed by atoms with Crippen molar-refractivity contribution in [1.29, 1.82) is 0 Å². The average molecular weight is 329 g/mol. The van der Waals surface area contributed by atoms with Gasteiger partial charge in [0.05, 0.1) is 11.4 Å².